The van der Waals surface area contributed by atoms with Crippen molar-refractivity contribution in [3.05, 3.63) is 59.6 Å². The molecule has 24 heavy (non-hydrogen) atoms. The Labute approximate surface area is 138 Å². The molecule has 1 atom stereocenters. The predicted octanol–water partition coefficient (Wildman–Crippen LogP) is 3.04. The number of aromatic amines is 1. The molecular weight excluding hydrogens is 307 g/mol. The van der Waals surface area contributed by atoms with Crippen LogP contribution in [0.3, 0.4) is 0 Å². The number of rotatable bonds is 2. The molecule has 122 valence electrons. The molecule has 1 aliphatic rings. The number of halogens is 1. The van der Waals surface area contributed by atoms with Gasteiger partial charge in [0.05, 0.1) is 0 Å². The molecule has 5 nitrogen and oxygen atoms in total. The summed E-state index contributed by atoms with van der Waals surface area (Å²) in [4.78, 5) is 26.3. The van der Waals surface area contributed by atoms with Crippen molar-refractivity contribution in [3.8, 4) is 0 Å². The van der Waals surface area contributed by atoms with Gasteiger partial charge in [0.1, 0.15) is 17.3 Å². The molecule has 3 heterocycles. The Morgan fingerprint density at radius 1 is 1.33 bits per heavy atom. The Bertz CT molecular complexity index is 920. The van der Waals surface area contributed by atoms with Gasteiger partial charge in [0.25, 0.3) is 5.91 Å². The first-order chi connectivity index (χ1) is 11.6. The molecule has 0 radical (unpaired) electrons. The Hall–Kier alpha value is -2.76. The highest BCUT2D eigenvalue weighted by Crippen LogP contribution is 2.26. The smallest absolute Gasteiger partial charge is 0.270 e. The van der Waals surface area contributed by atoms with Gasteiger partial charge in [-0.2, -0.15) is 0 Å². The van der Waals surface area contributed by atoms with Crippen molar-refractivity contribution in [1.29, 1.82) is 0 Å². The minimum Gasteiger partial charge on any atom is -0.350 e. The molecule has 1 fully saturated rings. The summed E-state index contributed by atoms with van der Waals surface area (Å²) in [5.74, 6) is 0.572. The number of nitrogens with one attached hydrogen (secondary N) is 1. The van der Waals surface area contributed by atoms with Crippen molar-refractivity contribution < 1.29 is 9.18 Å². The summed E-state index contributed by atoms with van der Waals surface area (Å²) in [6.07, 6.45) is 2.61. The van der Waals surface area contributed by atoms with E-state index in [1.54, 1.807) is 23.2 Å². The fourth-order valence-corrected chi connectivity index (χ4v) is 3.21. The third-order valence-corrected chi connectivity index (χ3v) is 4.47. The molecule has 1 aliphatic heterocycles. The van der Waals surface area contributed by atoms with Gasteiger partial charge in [-0.25, -0.2) is 14.4 Å². The van der Waals surface area contributed by atoms with E-state index in [-0.39, 0.29) is 17.6 Å². The molecule has 3 aromatic rings. The molecule has 1 N–H and O–H groups in total. The first kappa shape index (κ1) is 14.8. The van der Waals surface area contributed by atoms with Gasteiger partial charge < -0.3 is 9.88 Å². The zero-order chi connectivity index (χ0) is 16.7. The second-order valence-corrected chi connectivity index (χ2v) is 6.21. The van der Waals surface area contributed by atoms with Crippen molar-refractivity contribution in [1.82, 2.24) is 19.9 Å². The predicted molar refractivity (Wildman–Crippen MR) is 88.3 cm³/mol. The Morgan fingerprint density at radius 2 is 2.21 bits per heavy atom. The number of likely N-dealkylation sites (tertiary alicyclic amines) is 1. The Kier molecular flexibility index (Phi) is 3.52. The van der Waals surface area contributed by atoms with Crippen molar-refractivity contribution in [3.63, 3.8) is 0 Å². The van der Waals surface area contributed by atoms with E-state index in [1.807, 2.05) is 13.0 Å². The number of nitrogens with zero attached hydrogens (tertiary/aromatic N) is 3. The third kappa shape index (κ3) is 2.64. The molecule has 1 amide bonds. The number of H-pyrrole nitrogens is 1. The van der Waals surface area contributed by atoms with E-state index in [4.69, 9.17) is 0 Å². The maximum atomic E-state index is 13.3. The molecule has 2 aromatic heterocycles. The molecule has 6 heteroatoms. The Balaban J connectivity index is 1.54. The van der Waals surface area contributed by atoms with Crippen molar-refractivity contribution in [2.24, 2.45) is 0 Å². The summed E-state index contributed by atoms with van der Waals surface area (Å²) in [5.41, 5.74) is 2.06. The number of hydrogen-bond acceptors (Lipinski definition) is 3. The van der Waals surface area contributed by atoms with E-state index < -0.39 is 0 Å². The highest BCUT2D eigenvalue weighted by Gasteiger charge is 2.30. The van der Waals surface area contributed by atoms with E-state index in [2.05, 4.69) is 15.0 Å². The van der Waals surface area contributed by atoms with E-state index in [0.29, 0.717) is 24.3 Å². The van der Waals surface area contributed by atoms with Crippen LogP contribution >= 0.6 is 0 Å². The fraction of sp³-hybridized carbons (Fsp3) is 0.278. The first-order valence-corrected chi connectivity index (χ1v) is 7.97. The second-order valence-electron chi connectivity index (χ2n) is 6.21. The highest BCUT2D eigenvalue weighted by atomic mass is 19.1. The molecule has 1 saturated heterocycles. The zero-order valence-electron chi connectivity index (χ0n) is 13.3. The van der Waals surface area contributed by atoms with E-state index in [9.17, 15) is 9.18 Å². The highest BCUT2D eigenvalue weighted by molar-refractivity contribution is 5.98. The number of carbonyl (C=O) groups excluding carboxylic acids is 1. The molecule has 1 aromatic carbocycles. The number of amides is 1. The Morgan fingerprint density at radius 3 is 3.04 bits per heavy atom. The van der Waals surface area contributed by atoms with Gasteiger partial charge in [-0.15, -0.1) is 0 Å². The lowest BCUT2D eigenvalue weighted by molar-refractivity contribution is 0.0785. The average Bonchev–Trinajstić information content (AvgIpc) is 3.21. The summed E-state index contributed by atoms with van der Waals surface area (Å²) in [6, 6.07) is 8.11. The molecular formula is C18H17FN4O. The molecule has 4 rings (SSSR count). The fourth-order valence-electron chi connectivity index (χ4n) is 3.21. The van der Waals surface area contributed by atoms with Gasteiger partial charge in [-0.1, -0.05) is 0 Å². The van der Waals surface area contributed by atoms with Crippen LogP contribution in [0.25, 0.3) is 10.9 Å². The topological polar surface area (TPSA) is 61.9 Å². The number of aryl methyl sites for hydroxylation is 1. The largest absolute Gasteiger partial charge is 0.350 e. The minimum atomic E-state index is -0.318. The van der Waals surface area contributed by atoms with Crippen LogP contribution in [-0.4, -0.2) is 38.8 Å². The SMILES string of the molecule is Cc1ccnc(C2CCN(C(=O)c3cc4ccc(F)cc4[nH]3)C2)n1. The zero-order valence-corrected chi connectivity index (χ0v) is 13.3. The summed E-state index contributed by atoms with van der Waals surface area (Å²) in [6.45, 7) is 3.21. The average molecular weight is 324 g/mol. The maximum absolute atomic E-state index is 13.3. The van der Waals surface area contributed by atoms with Crippen LogP contribution < -0.4 is 0 Å². The number of fused-ring (bicyclic) bond motifs is 1. The van der Waals surface area contributed by atoms with Gasteiger partial charge in [0.2, 0.25) is 0 Å². The van der Waals surface area contributed by atoms with Gasteiger partial charge in [-0.05, 0) is 43.7 Å². The molecule has 0 aliphatic carbocycles. The summed E-state index contributed by atoms with van der Waals surface area (Å²) in [7, 11) is 0. The van der Waals surface area contributed by atoms with Gasteiger partial charge in [0.15, 0.2) is 0 Å². The first-order valence-electron chi connectivity index (χ1n) is 7.97. The number of carbonyl (C=O) groups is 1. The van der Waals surface area contributed by atoms with Crippen LogP contribution in [0.1, 0.15) is 34.3 Å². The van der Waals surface area contributed by atoms with Crippen LogP contribution in [-0.2, 0) is 0 Å². The van der Waals surface area contributed by atoms with Crippen LogP contribution in [0.15, 0.2) is 36.5 Å². The van der Waals surface area contributed by atoms with Crippen molar-refractivity contribution >= 4 is 16.8 Å². The van der Waals surface area contributed by atoms with Crippen LogP contribution in [0.5, 0.6) is 0 Å². The third-order valence-electron chi connectivity index (χ3n) is 4.47. The lowest BCUT2D eigenvalue weighted by Crippen LogP contribution is -2.28. The number of hydrogen-bond donors (Lipinski definition) is 1. The lowest BCUT2D eigenvalue weighted by Gasteiger charge is -2.15. The van der Waals surface area contributed by atoms with Crippen molar-refractivity contribution in [2.75, 3.05) is 13.1 Å². The van der Waals surface area contributed by atoms with Gasteiger partial charge >= 0.3 is 0 Å². The minimum absolute atomic E-state index is 0.0678. The van der Waals surface area contributed by atoms with E-state index in [0.717, 1.165) is 23.3 Å². The van der Waals surface area contributed by atoms with Gasteiger partial charge in [-0.3, -0.25) is 4.79 Å². The van der Waals surface area contributed by atoms with Crippen molar-refractivity contribution in [2.45, 2.75) is 19.3 Å². The normalized spacial score (nSPS) is 17.6. The number of benzene rings is 1. The quantitative estimate of drug-likeness (QED) is 0.788. The van der Waals surface area contributed by atoms with E-state index in [1.165, 1.54) is 12.1 Å². The summed E-state index contributed by atoms with van der Waals surface area (Å²) < 4.78 is 13.3. The standard InChI is InChI=1S/C18H17FN4O/c1-11-4-6-20-17(21-11)13-5-7-23(10-13)18(24)16-8-12-2-3-14(19)9-15(12)22-16/h2-4,6,8-9,13,22H,5,7,10H2,1H3. The molecule has 0 saturated carbocycles. The summed E-state index contributed by atoms with van der Waals surface area (Å²) in [5, 5.41) is 0.831. The number of aromatic nitrogens is 3. The van der Waals surface area contributed by atoms with E-state index >= 15 is 0 Å². The molecule has 0 spiro atoms. The van der Waals surface area contributed by atoms with Crippen LogP contribution in [0, 0.1) is 12.7 Å². The maximum Gasteiger partial charge on any atom is 0.270 e. The summed E-state index contributed by atoms with van der Waals surface area (Å²) >= 11 is 0. The molecule has 1 unspecified atom stereocenters. The second kappa shape index (κ2) is 5.70. The van der Waals surface area contributed by atoms with Gasteiger partial charge in [0, 0.05) is 41.8 Å². The molecule has 0 bridgehead atoms. The monoisotopic (exact) mass is 324 g/mol. The van der Waals surface area contributed by atoms with Crippen LogP contribution in [0.2, 0.25) is 0 Å². The lowest BCUT2D eigenvalue weighted by atomic mass is 10.1. The van der Waals surface area contributed by atoms with Crippen LogP contribution in [0.4, 0.5) is 4.39 Å².